The quantitative estimate of drug-likeness (QED) is 0.170. The summed E-state index contributed by atoms with van der Waals surface area (Å²) in [5.74, 6) is 0.521. The van der Waals surface area contributed by atoms with Crippen LogP contribution in [0.25, 0.3) is 6.08 Å². The number of esters is 1. The summed E-state index contributed by atoms with van der Waals surface area (Å²) in [6.07, 6.45) is 4.65. The fourth-order valence-corrected chi connectivity index (χ4v) is 4.97. The highest BCUT2D eigenvalue weighted by Crippen LogP contribution is 2.33. The number of benzene rings is 2. The first kappa shape index (κ1) is 26.0. The van der Waals surface area contributed by atoms with Crippen molar-refractivity contribution >= 4 is 46.3 Å². The van der Waals surface area contributed by atoms with E-state index in [0.29, 0.717) is 28.8 Å². The van der Waals surface area contributed by atoms with Crippen LogP contribution in [0.2, 0.25) is 0 Å². The fourth-order valence-electron chi connectivity index (χ4n) is 3.66. The van der Waals surface area contributed by atoms with Crippen molar-refractivity contribution in [3.63, 3.8) is 0 Å². The molecule has 5 nitrogen and oxygen atoms in total. The summed E-state index contributed by atoms with van der Waals surface area (Å²) in [6, 6.07) is 12.1. The van der Waals surface area contributed by atoms with Gasteiger partial charge in [-0.15, -0.1) is 0 Å². The van der Waals surface area contributed by atoms with Gasteiger partial charge in [0.25, 0.3) is 5.91 Å². The van der Waals surface area contributed by atoms with E-state index in [1.165, 1.54) is 41.1 Å². The smallest absolute Gasteiger partial charge is 0.305 e. The van der Waals surface area contributed by atoms with Gasteiger partial charge in [0.1, 0.15) is 16.7 Å². The molecule has 1 fully saturated rings. The van der Waals surface area contributed by atoms with Gasteiger partial charge in [0.15, 0.2) is 0 Å². The van der Waals surface area contributed by atoms with Crippen LogP contribution in [0.1, 0.15) is 53.5 Å². The number of aryl methyl sites for hydroxylation is 3. The monoisotopic (exact) mass is 497 g/mol. The van der Waals surface area contributed by atoms with Crippen LogP contribution in [0.4, 0.5) is 0 Å². The lowest BCUT2D eigenvalue weighted by Crippen LogP contribution is -2.29. The summed E-state index contributed by atoms with van der Waals surface area (Å²) in [7, 11) is 1.39. The maximum Gasteiger partial charge on any atom is 0.305 e. The molecule has 180 valence electrons. The number of carbonyl (C=O) groups excluding carboxylic acids is 2. The van der Waals surface area contributed by atoms with Gasteiger partial charge in [0.2, 0.25) is 0 Å². The minimum atomic E-state index is -0.203. The maximum absolute atomic E-state index is 12.8. The highest BCUT2D eigenvalue weighted by atomic mass is 32.2. The van der Waals surface area contributed by atoms with E-state index in [4.69, 9.17) is 17.0 Å². The first-order valence-electron chi connectivity index (χ1n) is 11.4. The minimum absolute atomic E-state index is 0.0616. The molecule has 0 unspecified atom stereocenters. The summed E-state index contributed by atoms with van der Waals surface area (Å²) in [5, 5.41) is 0. The van der Waals surface area contributed by atoms with Crippen molar-refractivity contribution in [2.75, 3.05) is 13.7 Å². The lowest BCUT2D eigenvalue weighted by molar-refractivity contribution is -0.140. The number of carbonyl (C=O) groups is 2. The van der Waals surface area contributed by atoms with Crippen LogP contribution in [-0.2, 0) is 20.9 Å². The third kappa shape index (κ3) is 6.93. The number of thioether (sulfide) groups is 1. The molecule has 3 rings (SSSR count). The Kier molecular flexibility index (Phi) is 9.30. The van der Waals surface area contributed by atoms with Crippen molar-refractivity contribution in [2.24, 2.45) is 0 Å². The van der Waals surface area contributed by atoms with E-state index in [1.54, 1.807) is 4.90 Å². The Bertz CT molecular complexity index is 1090. The van der Waals surface area contributed by atoms with Crippen LogP contribution in [-0.4, -0.2) is 34.8 Å². The molecular formula is C27H31NO4S2. The molecule has 1 amide bonds. The Morgan fingerprint density at radius 1 is 1.03 bits per heavy atom. The van der Waals surface area contributed by atoms with Crippen molar-refractivity contribution in [1.82, 2.24) is 4.90 Å². The van der Waals surface area contributed by atoms with E-state index < -0.39 is 0 Å². The van der Waals surface area contributed by atoms with E-state index in [-0.39, 0.29) is 11.9 Å². The minimum Gasteiger partial charge on any atom is -0.489 e. The van der Waals surface area contributed by atoms with E-state index in [9.17, 15) is 9.59 Å². The van der Waals surface area contributed by atoms with Crippen LogP contribution in [0.3, 0.4) is 0 Å². The zero-order valence-electron chi connectivity index (χ0n) is 20.2. The molecule has 7 heteroatoms. The third-order valence-electron chi connectivity index (χ3n) is 5.89. The standard InChI is InChI=1S/C27H31NO4S2/c1-18-14-20(3)22(15-19(18)2)17-32-23-11-9-21(10-12-23)16-24-26(30)28(27(33)34-24)13-7-5-6-8-25(29)31-4/h9-12,14-16H,5-8,13,17H2,1-4H3/b24-16+. The predicted molar refractivity (Wildman–Crippen MR) is 142 cm³/mol. The SMILES string of the molecule is COC(=O)CCCCCN1C(=O)/C(=C\c2ccc(OCc3cc(C)c(C)cc3C)cc2)SC1=S. The maximum atomic E-state index is 12.8. The van der Waals surface area contributed by atoms with Crippen molar-refractivity contribution in [2.45, 2.75) is 53.1 Å². The lowest BCUT2D eigenvalue weighted by Gasteiger charge is -2.13. The molecule has 1 aliphatic rings. The van der Waals surface area contributed by atoms with Crippen LogP contribution in [0.5, 0.6) is 5.75 Å². The summed E-state index contributed by atoms with van der Waals surface area (Å²) in [5.41, 5.74) is 5.88. The first-order valence-corrected chi connectivity index (χ1v) is 12.6. The van der Waals surface area contributed by atoms with Gasteiger partial charge in [-0.25, -0.2) is 0 Å². The fraction of sp³-hybridized carbons (Fsp3) is 0.370. The number of hydrogen-bond acceptors (Lipinski definition) is 6. The largest absolute Gasteiger partial charge is 0.489 e. The molecule has 0 N–H and O–H groups in total. The van der Waals surface area contributed by atoms with Gasteiger partial charge in [-0.3, -0.25) is 14.5 Å². The van der Waals surface area contributed by atoms with Gasteiger partial charge in [0.05, 0.1) is 12.0 Å². The molecule has 1 heterocycles. The third-order valence-corrected chi connectivity index (χ3v) is 7.27. The number of hydrogen-bond donors (Lipinski definition) is 0. The van der Waals surface area contributed by atoms with Crippen molar-refractivity contribution in [3.05, 3.63) is 69.1 Å². The van der Waals surface area contributed by atoms with E-state index in [0.717, 1.165) is 30.6 Å². The second-order valence-electron chi connectivity index (χ2n) is 8.44. The number of nitrogens with zero attached hydrogens (tertiary/aromatic N) is 1. The molecule has 0 radical (unpaired) electrons. The van der Waals surface area contributed by atoms with E-state index in [2.05, 4.69) is 37.6 Å². The molecule has 0 atom stereocenters. The van der Waals surface area contributed by atoms with E-state index >= 15 is 0 Å². The number of rotatable bonds is 10. The summed E-state index contributed by atoms with van der Waals surface area (Å²) < 4.78 is 11.2. The second-order valence-corrected chi connectivity index (χ2v) is 10.1. The van der Waals surface area contributed by atoms with Gasteiger partial charge in [-0.2, -0.15) is 0 Å². The van der Waals surface area contributed by atoms with Gasteiger partial charge in [-0.05, 0) is 79.6 Å². The number of methoxy groups -OCH3 is 1. The van der Waals surface area contributed by atoms with Crippen LogP contribution < -0.4 is 4.74 Å². The number of unbranched alkanes of at least 4 members (excludes halogenated alkanes) is 2. The molecule has 1 aliphatic heterocycles. The molecule has 0 bridgehead atoms. The average molecular weight is 498 g/mol. The average Bonchev–Trinajstić information content (AvgIpc) is 3.08. The normalized spacial score (nSPS) is 14.7. The predicted octanol–water partition coefficient (Wildman–Crippen LogP) is 6.13. The van der Waals surface area contributed by atoms with Gasteiger partial charge in [-0.1, -0.05) is 54.7 Å². The molecular weight excluding hydrogens is 466 g/mol. The molecule has 1 saturated heterocycles. The molecule has 0 aromatic heterocycles. The number of amides is 1. The highest BCUT2D eigenvalue weighted by molar-refractivity contribution is 8.26. The Labute approximate surface area is 211 Å². The molecule has 2 aromatic rings. The second kappa shape index (κ2) is 12.2. The Morgan fingerprint density at radius 3 is 2.44 bits per heavy atom. The Balaban J connectivity index is 1.53. The van der Waals surface area contributed by atoms with Crippen LogP contribution in [0.15, 0.2) is 41.3 Å². The van der Waals surface area contributed by atoms with Crippen molar-refractivity contribution in [1.29, 1.82) is 0 Å². The first-order chi connectivity index (χ1) is 16.3. The Hall–Kier alpha value is -2.64. The molecule has 0 saturated carbocycles. The van der Waals surface area contributed by atoms with Crippen LogP contribution >= 0.6 is 24.0 Å². The Morgan fingerprint density at radius 2 is 1.74 bits per heavy atom. The molecule has 0 aliphatic carbocycles. The summed E-state index contributed by atoms with van der Waals surface area (Å²) in [4.78, 5) is 26.3. The molecule has 34 heavy (non-hydrogen) atoms. The highest BCUT2D eigenvalue weighted by Gasteiger charge is 2.31. The van der Waals surface area contributed by atoms with E-state index in [1.807, 2.05) is 30.3 Å². The van der Waals surface area contributed by atoms with Gasteiger partial charge < -0.3 is 9.47 Å². The lowest BCUT2D eigenvalue weighted by atomic mass is 10.0. The number of ether oxygens (including phenoxy) is 2. The van der Waals surface area contributed by atoms with Gasteiger partial charge >= 0.3 is 5.97 Å². The topological polar surface area (TPSA) is 55.8 Å². The van der Waals surface area contributed by atoms with Crippen molar-refractivity contribution in [3.8, 4) is 5.75 Å². The number of thiocarbonyl (C=S) groups is 1. The molecule has 0 spiro atoms. The summed E-state index contributed by atoms with van der Waals surface area (Å²) in [6.45, 7) is 7.42. The van der Waals surface area contributed by atoms with Crippen LogP contribution in [0, 0.1) is 20.8 Å². The summed E-state index contributed by atoms with van der Waals surface area (Å²) >= 11 is 6.74. The van der Waals surface area contributed by atoms with Crippen molar-refractivity contribution < 1.29 is 19.1 Å². The zero-order chi connectivity index (χ0) is 24.7. The zero-order valence-corrected chi connectivity index (χ0v) is 21.8. The molecule has 2 aromatic carbocycles. The van der Waals surface area contributed by atoms with Gasteiger partial charge in [0, 0.05) is 13.0 Å².